The third-order valence-corrected chi connectivity index (χ3v) is 3.99. The van der Waals surface area contributed by atoms with Gasteiger partial charge in [-0.15, -0.1) is 0 Å². The molecule has 1 amide bonds. The molecular weight excluding hydrogens is 337 g/mol. The number of fused-ring (bicyclic) bond motifs is 1. The van der Waals surface area contributed by atoms with E-state index in [1.807, 2.05) is 18.2 Å². The molecule has 2 heterocycles. The molecule has 0 unspecified atom stereocenters. The second kappa shape index (κ2) is 7.18. The molecule has 0 spiro atoms. The van der Waals surface area contributed by atoms with Crippen LogP contribution in [0.1, 0.15) is 27.2 Å². The van der Waals surface area contributed by atoms with Crippen LogP contribution in [-0.2, 0) is 4.74 Å². The Bertz CT molecular complexity index is 1010. The third-order valence-electron chi connectivity index (χ3n) is 3.99. The number of halogens is 1. The van der Waals surface area contributed by atoms with Crippen LogP contribution in [-0.4, -0.2) is 29.6 Å². The summed E-state index contributed by atoms with van der Waals surface area (Å²) in [6.07, 6.45) is 2.54. The molecule has 0 saturated carbocycles. The first-order chi connectivity index (χ1) is 12.5. The molecule has 0 aliphatic heterocycles. The van der Waals surface area contributed by atoms with Gasteiger partial charge in [0.2, 0.25) is 5.78 Å². The number of ether oxygens (including phenoxy) is 1. The Kier molecular flexibility index (Phi) is 4.79. The molecule has 1 N–H and O–H groups in total. The summed E-state index contributed by atoms with van der Waals surface area (Å²) in [5.41, 5.74) is 5.19. The SMILES string of the molecule is COC(=O)N/N=C/c1c(C)c(C(=O)c2ccc(F)cc2)n2ccccc12. The van der Waals surface area contributed by atoms with Crippen LogP contribution in [0.15, 0.2) is 53.8 Å². The molecule has 0 bridgehead atoms. The average molecular weight is 353 g/mol. The van der Waals surface area contributed by atoms with Crippen molar-refractivity contribution in [3.8, 4) is 0 Å². The number of nitrogens with one attached hydrogen (secondary N) is 1. The number of amides is 1. The van der Waals surface area contributed by atoms with Crippen molar-refractivity contribution in [1.29, 1.82) is 0 Å². The fourth-order valence-corrected chi connectivity index (χ4v) is 2.73. The normalized spacial score (nSPS) is 11.0. The maximum absolute atomic E-state index is 13.1. The van der Waals surface area contributed by atoms with E-state index in [1.165, 1.54) is 37.6 Å². The molecule has 0 aliphatic carbocycles. The highest BCUT2D eigenvalue weighted by atomic mass is 19.1. The minimum absolute atomic E-state index is 0.232. The summed E-state index contributed by atoms with van der Waals surface area (Å²) in [5, 5.41) is 3.86. The Balaban J connectivity index is 2.09. The van der Waals surface area contributed by atoms with Crippen LogP contribution in [0.25, 0.3) is 5.52 Å². The number of aromatic nitrogens is 1. The van der Waals surface area contributed by atoms with Crippen LogP contribution >= 0.6 is 0 Å². The molecular formula is C19H16FN3O3. The lowest BCUT2D eigenvalue weighted by Gasteiger charge is -2.04. The van der Waals surface area contributed by atoms with E-state index < -0.39 is 11.9 Å². The lowest BCUT2D eigenvalue weighted by atomic mass is 10.0. The summed E-state index contributed by atoms with van der Waals surface area (Å²) in [6, 6.07) is 10.9. The Morgan fingerprint density at radius 2 is 1.92 bits per heavy atom. The molecule has 0 aliphatic rings. The smallest absolute Gasteiger partial charge is 0.427 e. The molecule has 7 heteroatoms. The number of nitrogens with zero attached hydrogens (tertiary/aromatic N) is 2. The zero-order valence-corrected chi connectivity index (χ0v) is 14.2. The van der Waals surface area contributed by atoms with Crippen molar-refractivity contribution >= 4 is 23.6 Å². The van der Waals surface area contributed by atoms with Crippen LogP contribution in [0.4, 0.5) is 9.18 Å². The molecule has 6 nitrogen and oxygen atoms in total. The van der Waals surface area contributed by atoms with E-state index in [0.29, 0.717) is 22.4 Å². The van der Waals surface area contributed by atoms with Gasteiger partial charge in [-0.1, -0.05) is 6.07 Å². The van der Waals surface area contributed by atoms with Crippen molar-refractivity contribution in [3.05, 3.63) is 76.9 Å². The van der Waals surface area contributed by atoms with E-state index in [4.69, 9.17) is 0 Å². The number of hydrogen-bond acceptors (Lipinski definition) is 4. The topological polar surface area (TPSA) is 72.2 Å². The van der Waals surface area contributed by atoms with Crippen LogP contribution in [0.3, 0.4) is 0 Å². The van der Waals surface area contributed by atoms with Gasteiger partial charge in [-0.2, -0.15) is 5.10 Å². The second-order valence-corrected chi connectivity index (χ2v) is 5.54. The number of rotatable bonds is 4. The number of methoxy groups -OCH3 is 1. The number of hydrazone groups is 1. The Hall–Kier alpha value is -3.48. The standard InChI is InChI=1S/C19H16FN3O3/c1-12-15(11-21-22-19(25)26-2)16-5-3-4-10-23(16)17(12)18(24)13-6-8-14(20)9-7-13/h3-11H,1-2H3,(H,22,25)/b21-11+. The highest BCUT2D eigenvalue weighted by Gasteiger charge is 2.20. The monoisotopic (exact) mass is 353 g/mol. The van der Waals surface area contributed by atoms with Gasteiger partial charge < -0.3 is 9.14 Å². The zero-order chi connectivity index (χ0) is 18.7. The highest BCUT2D eigenvalue weighted by molar-refractivity contribution is 6.11. The van der Waals surface area contributed by atoms with Crippen molar-refractivity contribution in [3.63, 3.8) is 0 Å². The van der Waals surface area contributed by atoms with Crippen LogP contribution in [0, 0.1) is 12.7 Å². The van der Waals surface area contributed by atoms with Gasteiger partial charge in [-0.3, -0.25) is 4.79 Å². The maximum Gasteiger partial charge on any atom is 0.427 e. The number of ketones is 1. The number of carbonyl (C=O) groups is 2. The number of benzene rings is 1. The van der Waals surface area contributed by atoms with Crippen molar-refractivity contribution in [2.45, 2.75) is 6.92 Å². The molecule has 3 aromatic rings. The summed E-state index contributed by atoms with van der Waals surface area (Å²) in [4.78, 5) is 24.1. The maximum atomic E-state index is 13.1. The largest absolute Gasteiger partial charge is 0.452 e. The average Bonchev–Trinajstić information content (AvgIpc) is 2.93. The van der Waals surface area contributed by atoms with Gasteiger partial charge in [-0.05, 0) is 48.9 Å². The van der Waals surface area contributed by atoms with E-state index in [2.05, 4.69) is 15.3 Å². The lowest BCUT2D eigenvalue weighted by Crippen LogP contribution is -2.16. The van der Waals surface area contributed by atoms with Gasteiger partial charge in [-0.25, -0.2) is 14.6 Å². The Morgan fingerprint density at radius 3 is 2.62 bits per heavy atom. The van der Waals surface area contributed by atoms with Crippen LogP contribution in [0.2, 0.25) is 0 Å². The molecule has 2 aromatic heterocycles. The lowest BCUT2D eigenvalue weighted by molar-refractivity contribution is 0.103. The molecule has 26 heavy (non-hydrogen) atoms. The van der Waals surface area contributed by atoms with Crippen molar-refractivity contribution in [1.82, 2.24) is 9.83 Å². The summed E-state index contributed by atoms with van der Waals surface area (Å²) in [6.45, 7) is 1.79. The predicted octanol–water partition coefficient (Wildman–Crippen LogP) is 3.31. The third kappa shape index (κ3) is 3.19. The van der Waals surface area contributed by atoms with Crippen LogP contribution < -0.4 is 5.43 Å². The van der Waals surface area contributed by atoms with Crippen molar-refractivity contribution < 1.29 is 18.7 Å². The van der Waals surface area contributed by atoms with Gasteiger partial charge >= 0.3 is 6.09 Å². The van der Waals surface area contributed by atoms with E-state index in [-0.39, 0.29) is 5.78 Å². The summed E-state index contributed by atoms with van der Waals surface area (Å²) >= 11 is 0. The highest BCUT2D eigenvalue weighted by Crippen LogP contribution is 2.24. The van der Waals surface area contributed by atoms with E-state index in [1.54, 1.807) is 17.5 Å². The van der Waals surface area contributed by atoms with Gasteiger partial charge in [0.15, 0.2) is 0 Å². The first-order valence-electron chi connectivity index (χ1n) is 7.80. The molecule has 0 fully saturated rings. The summed E-state index contributed by atoms with van der Waals surface area (Å²) in [5.74, 6) is -0.635. The van der Waals surface area contributed by atoms with Crippen molar-refractivity contribution in [2.24, 2.45) is 5.10 Å². The van der Waals surface area contributed by atoms with Gasteiger partial charge in [0.05, 0.1) is 24.5 Å². The number of carbonyl (C=O) groups excluding carboxylic acids is 2. The minimum Gasteiger partial charge on any atom is -0.452 e. The first kappa shape index (κ1) is 17.3. The zero-order valence-electron chi connectivity index (χ0n) is 14.2. The first-order valence-corrected chi connectivity index (χ1v) is 7.80. The second-order valence-electron chi connectivity index (χ2n) is 5.54. The predicted molar refractivity (Wildman–Crippen MR) is 95.1 cm³/mol. The summed E-state index contributed by atoms with van der Waals surface area (Å²) < 4.78 is 19.4. The number of pyridine rings is 1. The van der Waals surface area contributed by atoms with E-state index in [0.717, 1.165) is 5.52 Å². The summed E-state index contributed by atoms with van der Waals surface area (Å²) in [7, 11) is 1.24. The molecule has 0 saturated heterocycles. The van der Waals surface area contributed by atoms with Gasteiger partial charge in [0.25, 0.3) is 0 Å². The minimum atomic E-state index is -0.690. The van der Waals surface area contributed by atoms with E-state index >= 15 is 0 Å². The van der Waals surface area contributed by atoms with Gasteiger partial charge in [0.1, 0.15) is 5.82 Å². The molecule has 0 atom stereocenters. The van der Waals surface area contributed by atoms with Crippen LogP contribution in [0.5, 0.6) is 0 Å². The molecule has 1 aromatic carbocycles. The Morgan fingerprint density at radius 1 is 1.19 bits per heavy atom. The quantitative estimate of drug-likeness (QED) is 0.444. The van der Waals surface area contributed by atoms with E-state index in [9.17, 15) is 14.0 Å². The van der Waals surface area contributed by atoms with Gasteiger partial charge in [0, 0.05) is 17.3 Å². The Labute approximate surface area is 148 Å². The molecule has 3 rings (SSSR count). The van der Waals surface area contributed by atoms with Crippen molar-refractivity contribution in [2.75, 3.05) is 7.11 Å². The fraction of sp³-hybridized carbons (Fsp3) is 0.105. The fourth-order valence-electron chi connectivity index (χ4n) is 2.73. The molecule has 0 radical (unpaired) electrons. The molecule has 132 valence electrons. The number of hydrogen-bond donors (Lipinski definition) is 1.